The second kappa shape index (κ2) is 6.66. The number of thiol groups is 1. The quantitative estimate of drug-likeness (QED) is 0.556. The zero-order valence-corrected chi connectivity index (χ0v) is 11.1. The summed E-state index contributed by atoms with van der Waals surface area (Å²) >= 11 is 4.06. The van der Waals surface area contributed by atoms with E-state index in [-0.39, 0.29) is 37.5 Å². The number of carbonyl (C=O) groups excluding carboxylic acids is 1. The molecule has 18 heavy (non-hydrogen) atoms. The summed E-state index contributed by atoms with van der Waals surface area (Å²) in [4.78, 5) is 24.5. The van der Waals surface area contributed by atoms with Crippen molar-refractivity contribution >= 4 is 24.5 Å². The van der Waals surface area contributed by atoms with E-state index in [1.165, 1.54) is 4.90 Å². The minimum atomic E-state index is -1.01. The number of hydrogen-bond acceptors (Lipinski definition) is 4. The average molecular weight is 271 g/mol. The van der Waals surface area contributed by atoms with Crippen LogP contribution in [0.5, 0.6) is 0 Å². The lowest BCUT2D eigenvalue weighted by atomic mass is 10.1. The molecule has 6 heteroatoms. The van der Waals surface area contributed by atoms with Crippen LogP contribution in [0.1, 0.15) is 13.3 Å². The van der Waals surface area contributed by atoms with Crippen LogP contribution in [-0.4, -0.2) is 52.9 Å². The van der Waals surface area contributed by atoms with Crippen LogP contribution < -0.4 is 0 Å². The van der Waals surface area contributed by atoms with Crippen LogP contribution in [0.3, 0.4) is 0 Å². The van der Waals surface area contributed by atoms with Crippen molar-refractivity contribution in [3.63, 3.8) is 0 Å². The molecular formula is C12H17NO4S. The van der Waals surface area contributed by atoms with Gasteiger partial charge in [-0.1, -0.05) is 12.8 Å². The number of ether oxygens (including phenoxy) is 1. The molecule has 1 N–H and O–H groups in total. The zero-order chi connectivity index (χ0) is 13.7. The van der Waals surface area contributed by atoms with Crippen LogP contribution >= 0.6 is 12.6 Å². The van der Waals surface area contributed by atoms with Gasteiger partial charge in [-0.05, 0) is 0 Å². The molecule has 100 valence electrons. The van der Waals surface area contributed by atoms with Gasteiger partial charge in [0.15, 0.2) is 0 Å². The Kier molecular flexibility index (Phi) is 5.51. The molecule has 5 nitrogen and oxygen atoms in total. The lowest BCUT2D eigenvalue weighted by molar-refractivity contribution is -0.149. The number of amides is 1. The molecule has 0 aromatic heterocycles. The highest BCUT2D eigenvalue weighted by Crippen LogP contribution is 2.23. The summed E-state index contributed by atoms with van der Waals surface area (Å²) < 4.78 is 5.31. The van der Waals surface area contributed by atoms with Crippen LogP contribution in [0.2, 0.25) is 0 Å². The fourth-order valence-corrected chi connectivity index (χ4v) is 2.08. The number of carbonyl (C=O) groups is 2. The lowest BCUT2D eigenvalue weighted by Crippen LogP contribution is -2.43. The number of nitrogens with zero attached hydrogens (tertiary/aromatic N) is 1. The Hall–Kier alpha value is -1.19. The lowest BCUT2D eigenvalue weighted by Gasteiger charge is -2.24. The Labute approximate surface area is 112 Å². The highest BCUT2D eigenvalue weighted by molar-refractivity contribution is 7.80. The molecule has 0 spiro atoms. The third-order valence-electron chi connectivity index (χ3n) is 2.93. The van der Waals surface area contributed by atoms with Crippen molar-refractivity contribution in [3.8, 4) is 12.3 Å². The molecule has 0 saturated carbocycles. The molecule has 1 fully saturated rings. The minimum absolute atomic E-state index is 0.126. The zero-order valence-electron chi connectivity index (χ0n) is 10.2. The molecule has 0 aliphatic carbocycles. The van der Waals surface area contributed by atoms with Crippen molar-refractivity contribution in [2.75, 3.05) is 18.9 Å². The molecule has 1 saturated heterocycles. The second-order valence-corrected chi connectivity index (χ2v) is 4.67. The van der Waals surface area contributed by atoms with Crippen LogP contribution in [-0.2, 0) is 14.3 Å². The molecule has 1 rings (SSSR count). The summed E-state index contributed by atoms with van der Waals surface area (Å²) in [6.07, 6.45) is 5.06. The van der Waals surface area contributed by atoms with Crippen LogP contribution in [0.4, 0.5) is 0 Å². The monoisotopic (exact) mass is 271 g/mol. The Morgan fingerprint density at radius 3 is 2.83 bits per heavy atom. The van der Waals surface area contributed by atoms with Crippen molar-refractivity contribution in [1.82, 2.24) is 4.90 Å². The highest BCUT2D eigenvalue weighted by Gasteiger charge is 2.41. The second-order valence-electron chi connectivity index (χ2n) is 4.30. The molecule has 1 unspecified atom stereocenters. The molecule has 1 amide bonds. The standard InChI is InChI=1S/C12H17NO4S/c1-3-4-17-9-5-10(12(15)16)13(6-9)11(14)8(2)7-18/h1,8-10,18H,4-7H2,2H3,(H,15,16)/t8?,9-,10+/m1/s1. The van der Waals surface area contributed by atoms with Gasteiger partial charge in [-0.3, -0.25) is 4.79 Å². The third kappa shape index (κ3) is 3.40. The van der Waals surface area contributed by atoms with Gasteiger partial charge in [-0.15, -0.1) is 6.42 Å². The summed E-state index contributed by atoms with van der Waals surface area (Å²) in [6, 6.07) is -0.831. The van der Waals surface area contributed by atoms with Crippen molar-refractivity contribution in [2.45, 2.75) is 25.5 Å². The smallest absolute Gasteiger partial charge is 0.326 e. The molecule has 0 bridgehead atoms. The number of rotatable bonds is 5. The van der Waals surface area contributed by atoms with Crippen LogP contribution in [0.15, 0.2) is 0 Å². The predicted octanol–water partition coefficient (Wildman–Crippen LogP) is 0.256. The van der Waals surface area contributed by atoms with E-state index >= 15 is 0 Å². The Balaban J connectivity index is 2.72. The first kappa shape index (κ1) is 14.9. The van der Waals surface area contributed by atoms with E-state index in [1.807, 2.05) is 0 Å². The van der Waals surface area contributed by atoms with Gasteiger partial charge < -0.3 is 14.7 Å². The highest BCUT2D eigenvalue weighted by atomic mass is 32.1. The van der Waals surface area contributed by atoms with Crippen LogP contribution in [0, 0.1) is 18.3 Å². The maximum absolute atomic E-state index is 12.0. The summed E-state index contributed by atoms with van der Waals surface area (Å²) in [5, 5.41) is 9.12. The maximum atomic E-state index is 12.0. The first-order chi connectivity index (χ1) is 8.51. The first-order valence-electron chi connectivity index (χ1n) is 5.70. The van der Waals surface area contributed by atoms with Gasteiger partial charge in [0, 0.05) is 24.6 Å². The number of carboxylic acid groups (broad SMARTS) is 1. The Morgan fingerprint density at radius 1 is 1.67 bits per heavy atom. The summed E-state index contributed by atoms with van der Waals surface area (Å²) in [7, 11) is 0. The van der Waals surface area contributed by atoms with Gasteiger partial charge in [0.05, 0.1) is 6.10 Å². The molecule has 3 atom stereocenters. The van der Waals surface area contributed by atoms with E-state index < -0.39 is 12.0 Å². The van der Waals surface area contributed by atoms with Crippen LogP contribution in [0.25, 0.3) is 0 Å². The molecule has 1 heterocycles. The van der Waals surface area contributed by atoms with Crippen molar-refractivity contribution in [3.05, 3.63) is 0 Å². The van der Waals surface area contributed by atoms with E-state index in [9.17, 15) is 9.59 Å². The average Bonchev–Trinajstić information content (AvgIpc) is 2.78. The van der Waals surface area contributed by atoms with Crippen molar-refractivity contribution in [1.29, 1.82) is 0 Å². The molecule has 1 aliphatic rings. The first-order valence-corrected chi connectivity index (χ1v) is 6.33. The number of terminal acetylenes is 1. The Morgan fingerprint density at radius 2 is 2.33 bits per heavy atom. The molecule has 0 aromatic rings. The molecular weight excluding hydrogens is 254 g/mol. The fourth-order valence-electron chi connectivity index (χ4n) is 1.92. The Bertz CT molecular complexity index is 366. The number of likely N-dealkylation sites (tertiary alicyclic amines) is 1. The van der Waals surface area contributed by atoms with E-state index in [0.717, 1.165) is 0 Å². The SMILES string of the molecule is C#CCO[C@@H]1C[C@@H](C(=O)O)N(C(=O)C(C)CS)C1. The van der Waals surface area contributed by atoms with E-state index in [0.29, 0.717) is 5.75 Å². The van der Waals surface area contributed by atoms with Gasteiger partial charge in [0.25, 0.3) is 0 Å². The van der Waals surface area contributed by atoms with Gasteiger partial charge in [-0.2, -0.15) is 12.6 Å². The minimum Gasteiger partial charge on any atom is -0.480 e. The molecule has 0 aromatic carbocycles. The van der Waals surface area contributed by atoms with Gasteiger partial charge in [-0.25, -0.2) is 4.79 Å². The number of carboxylic acids is 1. The van der Waals surface area contributed by atoms with Gasteiger partial charge in [0.1, 0.15) is 12.6 Å². The maximum Gasteiger partial charge on any atom is 0.326 e. The van der Waals surface area contributed by atoms with Gasteiger partial charge in [0.2, 0.25) is 5.91 Å². The van der Waals surface area contributed by atoms with E-state index in [4.69, 9.17) is 16.3 Å². The summed E-state index contributed by atoms with van der Waals surface area (Å²) in [6.45, 7) is 2.13. The predicted molar refractivity (Wildman–Crippen MR) is 69.3 cm³/mol. The fraction of sp³-hybridized carbons (Fsp3) is 0.667. The summed E-state index contributed by atoms with van der Waals surface area (Å²) in [5.41, 5.74) is 0. The number of hydrogen-bond donors (Lipinski definition) is 2. The molecule has 1 aliphatic heterocycles. The normalized spacial score (nSPS) is 24.6. The largest absolute Gasteiger partial charge is 0.480 e. The van der Waals surface area contributed by atoms with E-state index in [1.54, 1.807) is 6.92 Å². The van der Waals surface area contributed by atoms with Gasteiger partial charge >= 0.3 is 5.97 Å². The van der Waals surface area contributed by atoms with E-state index in [2.05, 4.69) is 18.5 Å². The topological polar surface area (TPSA) is 66.8 Å². The molecule has 0 radical (unpaired) electrons. The summed E-state index contributed by atoms with van der Waals surface area (Å²) in [5.74, 6) is 1.20. The van der Waals surface area contributed by atoms with Crippen molar-refractivity contribution < 1.29 is 19.4 Å². The van der Waals surface area contributed by atoms with Crippen molar-refractivity contribution in [2.24, 2.45) is 5.92 Å². The number of aliphatic carboxylic acids is 1. The third-order valence-corrected chi connectivity index (χ3v) is 3.48.